The highest BCUT2D eigenvalue weighted by molar-refractivity contribution is 9.10. The molecule has 5 heteroatoms. The van der Waals surface area contributed by atoms with Gasteiger partial charge in [0.15, 0.2) is 11.5 Å². The molecular weight excluding hydrogens is 298 g/mol. The van der Waals surface area contributed by atoms with E-state index in [1.165, 1.54) is 0 Å². The third kappa shape index (κ3) is 4.48. The van der Waals surface area contributed by atoms with Gasteiger partial charge in [-0.15, -0.1) is 0 Å². The normalized spacial score (nSPS) is 10.4. The van der Waals surface area contributed by atoms with Crippen molar-refractivity contribution in [1.82, 2.24) is 5.32 Å². The van der Waals surface area contributed by atoms with Crippen molar-refractivity contribution in [2.24, 2.45) is 0 Å². The van der Waals surface area contributed by atoms with E-state index in [0.29, 0.717) is 11.5 Å². The van der Waals surface area contributed by atoms with Crippen molar-refractivity contribution in [2.45, 2.75) is 19.9 Å². The first-order valence-electron chi connectivity index (χ1n) is 6.03. The van der Waals surface area contributed by atoms with Crippen LogP contribution in [0.4, 0.5) is 0 Å². The van der Waals surface area contributed by atoms with Gasteiger partial charge in [-0.25, -0.2) is 0 Å². The number of halogens is 1. The Bertz CT molecular complexity index is 371. The molecule has 1 aromatic rings. The summed E-state index contributed by atoms with van der Waals surface area (Å²) in [5.41, 5.74) is 1.12. The molecule has 18 heavy (non-hydrogen) atoms. The van der Waals surface area contributed by atoms with E-state index in [2.05, 4.69) is 28.2 Å². The van der Waals surface area contributed by atoms with E-state index in [-0.39, 0.29) is 13.2 Å². The third-order valence-electron chi connectivity index (χ3n) is 2.42. The van der Waals surface area contributed by atoms with Crippen LogP contribution in [-0.4, -0.2) is 32.0 Å². The van der Waals surface area contributed by atoms with Crippen LogP contribution in [0.1, 0.15) is 18.9 Å². The summed E-state index contributed by atoms with van der Waals surface area (Å²) in [4.78, 5) is 0. The molecule has 0 fully saturated rings. The van der Waals surface area contributed by atoms with E-state index in [9.17, 15) is 0 Å². The van der Waals surface area contributed by atoms with Crippen molar-refractivity contribution in [3.05, 3.63) is 22.2 Å². The van der Waals surface area contributed by atoms with E-state index < -0.39 is 0 Å². The van der Waals surface area contributed by atoms with Gasteiger partial charge in [-0.3, -0.25) is 0 Å². The zero-order valence-electron chi connectivity index (χ0n) is 10.8. The van der Waals surface area contributed by atoms with Crippen molar-refractivity contribution >= 4 is 15.9 Å². The number of hydrogen-bond donors (Lipinski definition) is 2. The molecule has 0 atom stereocenters. The molecule has 0 saturated heterocycles. The Balaban J connectivity index is 2.81. The van der Waals surface area contributed by atoms with Crippen LogP contribution in [-0.2, 0) is 6.54 Å². The van der Waals surface area contributed by atoms with Crippen LogP contribution in [0.3, 0.4) is 0 Å². The first kappa shape index (κ1) is 15.3. The first-order chi connectivity index (χ1) is 8.72. The van der Waals surface area contributed by atoms with E-state index in [4.69, 9.17) is 14.6 Å². The Morgan fingerprint density at radius 3 is 2.72 bits per heavy atom. The minimum Gasteiger partial charge on any atom is -0.493 e. The predicted octanol–water partition coefficient (Wildman–Crippen LogP) is 2.33. The first-order valence-corrected chi connectivity index (χ1v) is 6.83. The number of rotatable bonds is 8. The molecule has 0 aliphatic heterocycles. The van der Waals surface area contributed by atoms with E-state index in [1.54, 1.807) is 7.11 Å². The Labute approximate surface area is 116 Å². The fourth-order valence-electron chi connectivity index (χ4n) is 1.54. The molecule has 1 rings (SSSR count). The van der Waals surface area contributed by atoms with Crippen molar-refractivity contribution in [1.29, 1.82) is 0 Å². The lowest BCUT2D eigenvalue weighted by molar-refractivity contribution is 0.196. The Hall–Kier alpha value is -0.780. The molecule has 0 amide bonds. The zero-order valence-corrected chi connectivity index (χ0v) is 12.4. The van der Waals surface area contributed by atoms with Gasteiger partial charge < -0.3 is 19.9 Å². The molecule has 0 unspecified atom stereocenters. The van der Waals surface area contributed by atoms with Gasteiger partial charge in [0.25, 0.3) is 0 Å². The van der Waals surface area contributed by atoms with Gasteiger partial charge in [-0.2, -0.15) is 0 Å². The predicted molar refractivity (Wildman–Crippen MR) is 75.3 cm³/mol. The highest BCUT2D eigenvalue weighted by Crippen LogP contribution is 2.33. The lowest BCUT2D eigenvalue weighted by atomic mass is 10.2. The zero-order chi connectivity index (χ0) is 13.4. The minimum atomic E-state index is -0.0133. The second-order valence-corrected chi connectivity index (χ2v) is 4.70. The lowest BCUT2D eigenvalue weighted by Gasteiger charge is -2.13. The van der Waals surface area contributed by atoms with Crippen molar-refractivity contribution in [3.8, 4) is 11.5 Å². The molecule has 0 radical (unpaired) electrons. The van der Waals surface area contributed by atoms with Crippen LogP contribution in [0, 0.1) is 0 Å². The Kier molecular flexibility index (Phi) is 7.08. The summed E-state index contributed by atoms with van der Waals surface area (Å²) in [6, 6.07) is 3.82. The summed E-state index contributed by atoms with van der Waals surface area (Å²) in [6.45, 7) is 4.15. The van der Waals surface area contributed by atoms with Crippen LogP contribution < -0.4 is 14.8 Å². The lowest BCUT2D eigenvalue weighted by Crippen LogP contribution is -2.14. The molecule has 0 spiro atoms. The van der Waals surface area contributed by atoms with Crippen LogP contribution in [0.25, 0.3) is 0 Å². The smallest absolute Gasteiger partial charge is 0.162 e. The van der Waals surface area contributed by atoms with Gasteiger partial charge >= 0.3 is 0 Å². The topological polar surface area (TPSA) is 50.7 Å². The molecule has 0 heterocycles. The van der Waals surface area contributed by atoms with Gasteiger partial charge in [-0.1, -0.05) is 22.9 Å². The number of benzene rings is 1. The summed E-state index contributed by atoms with van der Waals surface area (Å²) < 4.78 is 11.7. The van der Waals surface area contributed by atoms with E-state index >= 15 is 0 Å². The molecule has 4 nitrogen and oxygen atoms in total. The standard InChI is InChI=1S/C13H20BrNO3/c1-3-4-15-9-10-7-12(17-2)13(8-11(10)14)18-6-5-16/h7-8,15-16H,3-6,9H2,1-2H3. The summed E-state index contributed by atoms with van der Waals surface area (Å²) in [7, 11) is 1.61. The molecular formula is C13H20BrNO3. The van der Waals surface area contributed by atoms with Crippen molar-refractivity contribution in [2.75, 3.05) is 26.9 Å². The molecule has 102 valence electrons. The van der Waals surface area contributed by atoms with Crippen LogP contribution in [0.5, 0.6) is 11.5 Å². The summed E-state index contributed by atoms with van der Waals surface area (Å²) in [5, 5.41) is 12.1. The largest absolute Gasteiger partial charge is 0.493 e. The molecule has 2 N–H and O–H groups in total. The fraction of sp³-hybridized carbons (Fsp3) is 0.538. The monoisotopic (exact) mass is 317 g/mol. The van der Waals surface area contributed by atoms with Gasteiger partial charge in [-0.05, 0) is 30.7 Å². The van der Waals surface area contributed by atoms with Gasteiger partial charge in [0.05, 0.1) is 13.7 Å². The van der Waals surface area contributed by atoms with Crippen LogP contribution in [0.2, 0.25) is 0 Å². The maximum atomic E-state index is 8.77. The molecule has 0 saturated carbocycles. The van der Waals surface area contributed by atoms with E-state index in [0.717, 1.165) is 29.5 Å². The third-order valence-corrected chi connectivity index (χ3v) is 3.16. The van der Waals surface area contributed by atoms with E-state index in [1.807, 2.05) is 12.1 Å². The molecule has 0 aliphatic rings. The number of aliphatic hydroxyl groups excluding tert-OH is 1. The Morgan fingerprint density at radius 2 is 2.11 bits per heavy atom. The Morgan fingerprint density at radius 1 is 1.33 bits per heavy atom. The van der Waals surface area contributed by atoms with Crippen molar-refractivity contribution in [3.63, 3.8) is 0 Å². The molecule has 1 aromatic carbocycles. The number of nitrogens with one attached hydrogen (secondary N) is 1. The quantitative estimate of drug-likeness (QED) is 0.723. The summed E-state index contributed by atoms with van der Waals surface area (Å²) in [6.07, 6.45) is 1.10. The average molecular weight is 318 g/mol. The van der Waals surface area contributed by atoms with Gasteiger partial charge in [0, 0.05) is 11.0 Å². The number of hydrogen-bond acceptors (Lipinski definition) is 4. The van der Waals surface area contributed by atoms with Crippen molar-refractivity contribution < 1.29 is 14.6 Å². The second-order valence-electron chi connectivity index (χ2n) is 3.84. The molecule has 0 bridgehead atoms. The average Bonchev–Trinajstić information content (AvgIpc) is 2.38. The van der Waals surface area contributed by atoms with Gasteiger partial charge in [0.2, 0.25) is 0 Å². The second kappa shape index (κ2) is 8.34. The number of ether oxygens (including phenoxy) is 2. The highest BCUT2D eigenvalue weighted by atomic mass is 79.9. The summed E-state index contributed by atoms with van der Waals surface area (Å²) in [5.74, 6) is 1.32. The maximum Gasteiger partial charge on any atom is 0.162 e. The molecule has 0 aliphatic carbocycles. The molecule has 0 aromatic heterocycles. The van der Waals surface area contributed by atoms with Crippen LogP contribution in [0.15, 0.2) is 16.6 Å². The van der Waals surface area contributed by atoms with Crippen LogP contribution >= 0.6 is 15.9 Å². The minimum absolute atomic E-state index is 0.0133. The highest BCUT2D eigenvalue weighted by Gasteiger charge is 2.09. The fourth-order valence-corrected chi connectivity index (χ4v) is 2.00. The SMILES string of the molecule is CCCNCc1cc(OC)c(OCCO)cc1Br. The van der Waals surface area contributed by atoms with Gasteiger partial charge in [0.1, 0.15) is 6.61 Å². The maximum absolute atomic E-state index is 8.77. The number of aliphatic hydroxyl groups is 1. The number of methoxy groups -OCH3 is 1. The summed E-state index contributed by atoms with van der Waals surface area (Å²) >= 11 is 3.52.